The predicted molar refractivity (Wildman–Crippen MR) is 131 cm³/mol. The van der Waals surface area contributed by atoms with Crippen molar-refractivity contribution in [1.29, 1.82) is 0 Å². The summed E-state index contributed by atoms with van der Waals surface area (Å²) in [6.07, 6.45) is 3.02. The Balaban J connectivity index is 1.27. The lowest BCUT2D eigenvalue weighted by Gasteiger charge is -2.22. The highest BCUT2D eigenvalue weighted by Crippen LogP contribution is 2.23. The number of benzene rings is 2. The lowest BCUT2D eigenvalue weighted by molar-refractivity contribution is -0.116. The highest BCUT2D eigenvalue weighted by Gasteiger charge is 2.18. The zero-order chi connectivity index (χ0) is 23.0. The molecule has 1 aromatic heterocycles. The van der Waals surface area contributed by atoms with Crippen LogP contribution in [0.15, 0.2) is 60.8 Å². The molecule has 3 aromatic rings. The van der Waals surface area contributed by atoms with Crippen molar-refractivity contribution in [3.63, 3.8) is 0 Å². The lowest BCUT2D eigenvalue weighted by atomic mass is 10.1. The van der Waals surface area contributed by atoms with E-state index in [0.29, 0.717) is 18.6 Å². The number of rotatable bonds is 7. The Hall–Kier alpha value is -3.45. The number of pyridine rings is 1. The third kappa shape index (κ3) is 5.87. The fourth-order valence-corrected chi connectivity index (χ4v) is 4.14. The number of carbonyl (C=O) groups excluding carboxylic acids is 2. The Bertz CT molecular complexity index is 1090. The minimum atomic E-state index is -0.347. The van der Waals surface area contributed by atoms with Gasteiger partial charge in [0.25, 0.3) is 0 Å². The minimum absolute atomic E-state index is 0.0312. The van der Waals surface area contributed by atoms with Crippen LogP contribution in [-0.4, -0.2) is 61.1 Å². The largest absolute Gasteiger partial charge is 0.462 e. The zero-order valence-corrected chi connectivity index (χ0v) is 19.0. The first kappa shape index (κ1) is 22.7. The van der Waals surface area contributed by atoms with E-state index < -0.39 is 0 Å². The Kier molecular flexibility index (Phi) is 7.52. The van der Waals surface area contributed by atoms with Crippen LogP contribution in [0.5, 0.6) is 0 Å². The van der Waals surface area contributed by atoms with Gasteiger partial charge in [-0.3, -0.25) is 4.79 Å². The molecular formula is C26H30N4O3. The van der Waals surface area contributed by atoms with Gasteiger partial charge < -0.3 is 19.9 Å². The van der Waals surface area contributed by atoms with Gasteiger partial charge in [-0.2, -0.15) is 0 Å². The first-order chi connectivity index (χ1) is 16.1. The molecule has 33 heavy (non-hydrogen) atoms. The summed E-state index contributed by atoms with van der Waals surface area (Å²) in [6, 6.07) is 17.7. The van der Waals surface area contributed by atoms with E-state index in [0.717, 1.165) is 61.4 Å². The van der Waals surface area contributed by atoms with Crippen LogP contribution in [0.2, 0.25) is 0 Å². The van der Waals surface area contributed by atoms with Crippen LogP contribution in [0, 0.1) is 0 Å². The second-order valence-electron chi connectivity index (χ2n) is 8.13. The van der Waals surface area contributed by atoms with Gasteiger partial charge in [-0.25, -0.2) is 9.78 Å². The smallest absolute Gasteiger partial charge is 0.339 e. The van der Waals surface area contributed by atoms with Crippen LogP contribution in [-0.2, 0) is 9.53 Å². The van der Waals surface area contributed by atoms with E-state index >= 15 is 0 Å². The molecule has 2 heterocycles. The molecule has 0 saturated carbocycles. The maximum Gasteiger partial charge on any atom is 0.339 e. The SMILES string of the molecule is CCOC(=O)c1ccc(N2CCCN(CCC(=O)Nc3cccc4ccccc34)CC2)nc1. The van der Waals surface area contributed by atoms with Crippen LogP contribution in [0.4, 0.5) is 11.5 Å². The van der Waals surface area contributed by atoms with Crippen molar-refractivity contribution in [3.05, 3.63) is 66.4 Å². The van der Waals surface area contributed by atoms with Gasteiger partial charge >= 0.3 is 5.97 Å². The van der Waals surface area contributed by atoms with E-state index in [1.807, 2.05) is 48.5 Å². The van der Waals surface area contributed by atoms with E-state index in [1.165, 1.54) is 0 Å². The molecule has 7 nitrogen and oxygen atoms in total. The number of esters is 1. The van der Waals surface area contributed by atoms with Crippen LogP contribution in [0.25, 0.3) is 10.8 Å². The number of aromatic nitrogens is 1. The molecule has 0 radical (unpaired) electrons. The molecule has 7 heteroatoms. The zero-order valence-electron chi connectivity index (χ0n) is 19.0. The summed E-state index contributed by atoms with van der Waals surface area (Å²) in [6.45, 7) is 6.39. The van der Waals surface area contributed by atoms with E-state index in [1.54, 1.807) is 19.2 Å². The first-order valence-corrected chi connectivity index (χ1v) is 11.5. The summed E-state index contributed by atoms with van der Waals surface area (Å²) >= 11 is 0. The van der Waals surface area contributed by atoms with Gasteiger partial charge in [-0.1, -0.05) is 36.4 Å². The van der Waals surface area contributed by atoms with Crippen molar-refractivity contribution in [2.24, 2.45) is 0 Å². The number of hydrogen-bond acceptors (Lipinski definition) is 6. The van der Waals surface area contributed by atoms with Gasteiger partial charge in [0, 0.05) is 49.9 Å². The molecule has 0 unspecified atom stereocenters. The summed E-state index contributed by atoms with van der Waals surface area (Å²) < 4.78 is 5.02. The highest BCUT2D eigenvalue weighted by atomic mass is 16.5. The summed E-state index contributed by atoms with van der Waals surface area (Å²) in [5.74, 6) is 0.544. The van der Waals surface area contributed by atoms with Crippen molar-refractivity contribution < 1.29 is 14.3 Å². The number of ether oxygens (including phenoxy) is 1. The lowest BCUT2D eigenvalue weighted by Crippen LogP contribution is -2.33. The number of nitrogens with zero attached hydrogens (tertiary/aromatic N) is 3. The molecule has 1 N–H and O–H groups in total. The number of anilines is 2. The van der Waals surface area contributed by atoms with Gasteiger partial charge in [0.2, 0.25) is 5.91 Å². The minimum Gasteiger partial charge on any atom is -0.462 e. The van der Waals surface area contributed by atoms with Gasteiger partial charge in [0.15, 0.2) is 0 Å². The monoisotopic (exact) mass is 446 g/mol. The average Bonchev–Trinajstić information content (AvgIpc) is 3.09. The molecule has 0 spiro atoms. The van der Waals surface area contributed by atoms with Crippen molar-refractivity contribution in [2.75, 3.05) is 49.5 Å². The second-order valence-corrected chi connectivity index (χ2v) is 8.13. The molecule has 1 saturated heterocycles. The Morgan fingerprint density at radius 1 is 1.00 bits per heavy atom. The van der Waals surface area contributed by atoms with Crippen molar-refractivity contribution >= 4 is 34.2 Å². The second kappa shape index (κ2) is 10.9. The molecule has 0 atom stereocenters. The number of amides is 1. The summed E-state index contributed by atoms with van der Waals surface area (Å²) in [5.41, 5.74) is 1.33. The van der Waals surface area contributed by atoms with E-state index in [2.05, 4.69) is 20.1 Å². The number of nitrogens with one attached hydrogen (secondary N) is 1. The molecule has 1 aliphatic heterocycles. The van der Waals surface area contributed by atoms with Gasteiger partial charge in [0.05, 0.1) is 12.2 Å². The molecule has 0 bridgehead atoms. The number of fused-ring (bicyclic) bond motifs is 1. The quantitative estimate of drug-likeness (QED) is 0.554. The Morgan fingerprint density at radius 2 is 1.85 bits per heavy atom. The number of hydrogen-bond donors (Lipinski definition) is 1. The Labute approximate surface area is 194 Å². The Morgan fingerprint density at radius 3 is 2.67 bits per heavy atom. The summed E-state index contributed by atoms with van der Waals surface area (Å²) in [4.78, 5) is 33.4. The average molecular weight is 447 g/mol. The fraction of sp³-hybridized carbons (Fsp3) is 0.346. The maximum absolute atomic E-state index is 12.6. The van der Waals surface area contributed by atoms with Crippen LogP contribution in [0.3, 0.4) is 0 Å². The third-order valence-corrected chi connectivity index (χ3v) is 5.89. The van der Waals surface area contributed by atoms with Crippen molar-refractivity contribution in [1.82, 2.24) is 9.88 Å². The normalized spacial score (nSPS) is 14.6. The van der Waals surface area contributed by atoms with E-state index in [4.69, 9.17) is 4.74 Å². The van der Waals surface area contributed by atoms with Crippen LogP contribution < -0.4 is 10.2 Å². The molecule has 172 valence electrons. The third-order valence-electron chi connectivity index (χ3n) is 5.89. The van der Waals surface area contributed by atoms with Crippen molar-refractivity contribution in [3.8, 4) is 0 Å². The van der Waals surface area contributed by atoms with Crippen molar-refractivity contribution in [2.45, 2.75) is 19.8 Å². The molecule has 0 aliphatic carbocycles. The van der Waals surface area contributed by atoms with E-state index in [-0.39, 0.29) is 11.9 Å². The molecule has 4 rings (SSSR count). The molecular weight excluding hydrogens is 416 g/mol. The van der Waals surface area contributed by atoms with Gasteiger partial charge in [-0.05, 0) is 43.5 Å². The van der Waals surface area contributed by atoms with Gasteiger partial charge in [0.1, 0.15) is 5.82 Å². The summed E-state index contributed by atoms with van der Waals surface area (Å²) in [5, 5.41) is 5.25. The molecule has 1 aliphatic rings. The summed E-state index contributed by atoms with van der Waals surface area (Å²) in [7, 11) is 0. The van der Waals surface area contributed by atoms with Crippen LogP contribution in [0.1, 0.15) is 30.1 Å². The molecule has 1 fully saturated rings. The maximum atomic E-state index is 12.6. The molecule has 2 aromatic carbocycles. The van der Waals surface area contributed by atoms with Gasteiger partial charge in [-0.15, -0.1) is 0 Å². The first-order valence-electron chi connectivity index (χ1n) is 11.5. The topological polar surface area (TPSA) is 74.8 Å². The molecule has 1 amide bonds. The fourth-order valence-electron chi connectivity index (χ4n) is 4.14. The van der Waals surface area contributed by atoms with E-state index in [9.17, 15) is 9.59 Å². The predicted octanol–water partition coefficient (Wildman–Crippen LogP) is 3.95. The highest BCUT2D eigenvalue weighted by molar-refractivity contribution is 6.02. The standard InChI is InChI=1S/C26H30N4O3/c1-2-33-26(32)21-11-12-24(27-19-21)30-15-6-14-29(17-18-30)16-13-25(31)28-23-10-5-8-20-7-3-4-9-22(20)23/h3-5,7-12,19H,2,6,13-18H2,1H3,(H,28,31). The number of carbonyl (C=O) groups is 2. The van der Waals surface area contributed by atoms with Crippen LogP contribution >= 0.6 is 0 Å².